The summed E-state index contributed by atoms with van der Waals surface area (Å²) in [6.07, 6.45) is 5.86. The first-order chi connectivity index (χ1) is 7.72. The molecule has 2 N–H and O–H groups in total. The van der Waals surface area contributed by atoms with E-state index in [9.17, 15) is 0 Å². The van der Waals surface area contributed by atoms with Gasteiger partial charge in [0, 0.05) is 12.2 Å². The van der Waals surface area contributed by atoms with Crippen LogP contribution < -0.4 is 10.5 Å². The number of hydrogen-bond acceptors (Lipinski definition) is 3. The number of rotatable bonds is 5. The van der Waals surface area contributed by atoms with Gasteiger partial charge in [-0.2, -0.15) is 0 Å². The van der Waals surface area contributed by atoms with Gasteiger partial charge in [-0.25, -0.2) is 0 Å². The SMILES string of the molecule is CCCOc1cncc(C(N)C2CC2C)c1. The molecule has 16 heavy (non-hydrogen) atoms. The maximum Gasteiger partial charge on any atom is 0.137 e. The van der Waals surface area contributed by atoms with E-state index in [1.807, 2.05) is 12.3 Å². The molecule has 3 nitrogen and oxygen atoms in total. The van der Waals surface area contributed by atoms with Gasteiger partial charge in [-0.1, -0.05) is 13.8 Å². The maximum absolute atomic E-state index is 6.19. The summed E-state index contributed by atoms with van der Waals surface area (Å²) in [6.45, 7) is 5.07. The van der Waals surface area contributed by atoms with Crippen LogP contribution in [-0.2, 0) is 0 Å². The third-order valence-electron chi connectivity index (χ3n) is 3.23. The van der Waals surface area contributed by atoms with Crippen LogP contribution in [-0.4, -0.2) is 11.6 Å². The molecule has 88 valence electrons. The minimum Gasteiger partial charge on any atom is -0.492 e. The Labute approximate surface area is 97.0 Å². The van der Waals surface area contributed by atoms with Gasteiger partial charge in [0.2, 0.25) is 0 Å². The van der Waals surface area contributed by atoms with Crippen molar-refractivity contribution in [3.63, 3.8) is 0 Å². The normalized spacial score (nSPS) is 25.2. The molecule has 0 amide bonds. The summed E-state index contributed by atoms with van der Waals surface area (Å²) in [5, 5.41) is 0. The molecular formula is C13H20N2O. The van der Waals surface area contributed by atoms with Gasteiger partial charge in [0.15, 0.2) is 0 Å². The quantitative estimate of drug-likeness (QED) is 0.829. The lowest BCUT2D eigenvalue weighted by Gasteiger charge is -2.12. The van der Waals surface area contributed by atoms with Crippen molar-refractivity contribution >= 4 is 0 Å². The molecule has 0 spiro atoms. The molecule has 1 aromatic rings. The molecule has 0 bridgehead atoms. The summed E-state index contributed by atoms with van der Waals surface area (Å²) < 4.78 is 5.55. The average Bonchev–Trinajstić information content (AvgIpc) is 3.03. The number of hydrogen-bond donors (Lipinski definition) is 1. The van der Waals surface area contributed by atoms with E-state index in [2.05, 4.69) is 18.8 Å². The summed E-state index contributed by atoms with van der Waals surface area (Å²) in [7, 11) is 0. The Kier molecular flexibility index (Phi) is 3.44. The second kappa shape index (κ2) is 4.83. The molecule has 0 saturated heterocycles. The topological polar surface area (TPSA) is 48.1 Å². The van der Waals surface area contributed by atoms with Crippen molar-refractivity contribution in [2.24, 2.45) is 17.6 Å². The van der Waals surface area contributed by atoms with Crippen molar-refractivity contribution in [1.29, 1.82) is 0 Å². The fourth-order valence-corrected chi connectivity index (χ4v) is 2.02. The Morgan fingerprint density at radius 1 is 1.56 bits per heavy atom. The Balaban J connectivity index is 2.03. The second-order valence-corrected chi connectivity index (χ2v) is 4.71. The van der Waals surface area contributed by atoms with Gasteiger partial charge in [-0.15, -0.1) is 0 Å². The molecule has 3 atom stereocenters. The van der Waals surface area contributed by atoms with Crippen LogP contribution in [0.1, 0.15) is 38.3 Å². The van der Waals surface area contributed by atoms with E-state index in [1.165, 1.54) is 6.42 Å². The molecule has 1 aromatic heterocycles. The summed E-state index contributed by atoms with van der Waals surface area (Å²) >= 11 is 0. The van der Waals surface area contributed by atoms with E-state index in [0.717, 1.165) is 30.3 Å². The average molecular weight is 220 g/mol. The lowest BCUT2D eigenvalue weighted by atomic mass is 10.0. The van der Waals surface area contributed by atoms with Crippen molar-refractivity contribution < 1.29 is 4.74 Å². The molecule has 1 saturated carbocycles. The predicted molar refractivity (Wildman–Crippen MR) is 64.2 cm³/mol. The van der Waals surface area contributed by atoms with Crippen LogP contribution in [0.5, 0.6) is 5.75 Å². The Morgan fingerprint density at radius 3 is 2.94 bits per heavy atom. The molecule has 1 fully saturated rings. The number of pyridine rings is 1. The Morgan fingerprint density at radius 2 is 2.31 bits per heavy atom. The molecule has 1 aliphatic carbocycles. The number of nitrogens with zero attached hydrogens (tertiary/aromatic N) is 1. The van der Waals surface area contributed by atoms with Gasteiger partial charge < -0.3 is 10.5 Å². The van der Waals surface area contributed by atoms with Gasteiger partial charge in [0.25, 0.3) is 0 Å². The number of ether oxygens (including phenoxy) is 1. The molecule has 0 radical (unpaired) electrons. The molecule has 2 rings (SSSR count). The highest BCUT2D eigenvalue weighted by atomic mass is 16.5. The first-order valence-electron chi connectivity index (χ1n) is 6.05. The maximum atomic E-state index is 6.19. The van der Waals surface area contributed by atoms with Crippen LogP contribution in [0.2, 0.25) is 0 Å². The lowest BCUT2D eigenvalue weighted by Crippen LogP contribution is -2.13. The highest BCUT2D eigenvalue weighted by Gasteiger charge is 2.38. The smallest absolute Gasteiger partial charge is 0.137 e. The van der Waals surface area contributed by atoms with E-state index in [-0.39, 0.29) is 6.04 Å². The molecule has 1 heterocycles. The highest BCUT2D eigenvalue weighted by molar-refractivity contribution is 5.27. The van der Waals surface area contributed by atoms with Crippen LogP contribution in [0.3, 0.4) is 0 Å². The standard InChI is InChI=1S/C13H20N2O/c1-3-4-16-11-6-10(7-15-8-11)13(14)12-5-9(12)2/h6-9,12-13H,3-5,14H2,1-2H3. The van der Waals surface area contributed by atoms with Crippen LogP contribution in [0.25, 0.3) is 0 Å². The van der Waals surface area contributed by atoms with E-state index >= 15 is 0 Å². The zero-order valence-corrected chi connectivity index (χ0v) is 10.0. The molecule has 1 aliphatic rings. The molecule has 3 unspecified atom stereocenters. The third kappa shape index (κ3) is 2.53. The van der Waals surface area contributed by atoms with Gasteiger partial charge in [-0.05, 0) is 36.3 Å². The van der Waals surface area contributed by atoms with Crippen LogP contribution in [0.4, 0.5) is 0 Å². The third-order valence-corrected chi connectivity index (χ3v) is 3.23. The summed E-state index contributed by atoms with van der Waals surface area (Å²) in [5.74, 6) is 2.22. The minimum atomic E-state index is 0.118. The van der Waals surface area contributed by atoms with E-state index in [1.54, 1.807) is 6.20 Å². The fraction of sp³-hybridized carbons (Fsp3) is 0.615. The van der Waals surface area contributed by atoms with E-state index < -0.39 is 0 Å². The summed E-state index contributed by atoms with van der Waals surface area (Å²) in [6, 6.07) is 2.14. The van der Waals surface area contributed by atoms with Crippen LogP contribution >= 0.6 is 0 Å². The predicted octanol–water partition coefficient (Wildman–Crippen LogP) is 2.53. The fourth-order valence-electron chi connectivity index (χ4n) is 2.02. The van der Waals surface area contributed by atoms with Crippen molar-refractivity contribution in [3.8, 4) is 5.75 Å². The van der Waals surface area contributed by atoms with Crippen LogP contribution in [0, 0.1) is 11.8 Å². The first-order valence-corrected chi connectivity index (χ1v) is 6.05. The van der Waals surface area contributed by atoms with Crippen molar-refractivity contribution in [2.45, 2.75) is 32.7 Å². The first kappa shape index (κ1) is 11.4. The van der Waals surface area contributed by atoms with Gasteiger partial charge in [0.05, 0.1) is 12.8 Å². The molecule has 0 aromatic carbocycles. The van der Waals surface area contributed by atoms with Crippen molar-refractivity contribution in [3.05, 3.63) is 24.0 Å². The van der Waals surface area contributed by atoms with Gasteiger partial charge in [-0.3, -0.25) is 4.98 Å². The minimum absolute atomic E-state index is 0.118. The zero-order chi connectivity index (χ0) is 11.5. The summed E-state index contributed by atoms with van der Waals surface area (Å²) in [5.41, 5.74) is 7.29. The van der Waals surface area contributed by atoms with E-state index in [4.69, 9.17) is 10.5 Å². The largest absolute Gasteiger partial charge is 0.492 e. The summed E-state index contributed by atoms with van der Waals surface area (Å²) in [4.78, 5) is 4.19. The second-order valence-electron chi connectivity index (χ2n) is 4.71. The van der Waals surface area contributed by atoms with Gasteiger partial charge >= 0.3 is 0 Å². The van der Waals surface area contributed by atoms with E-state index in [0.29, 0.717) is 5.92 Å². The highest BCUT2D eigenvalue weighted by Crippen LogP contribution is 2.45. The molecule has 3 heteroatoms. The Bertz CT molecular complexity index is 354. The Hall–Kier alpha value is -1.09. The van der Waals surface area contributed by atoms with Crippen molar-refractivity contribution in [1.82, 2.24) is 4.98 Å². The lowest BCUT2D eigenvalue weighted by molar-refractivity contribution is 0.315. The van der Waals surface area contributed by atoms with Gasteiger partial charge in [0.1, 0.15) is 5.75 Å². The van der Waals surface area contributed by atoms with Crippen molar-refractivity contribution in [2.75, 3.05) is 6.61 Å². The van der Waals surface area contributed by atoms with Crippen LogP contribution in [0.15, 0.2) is 18.5 Å². The zero-order valence-electron chi connectivity index (χ0n) is 10.0. The molecule has 0 aliphatic heterocycles. The number of aromatic nitrogens is 1. The monoisotopic (exact) mass is 220 g/mol. The molecular weight excluding hydrogens is 200 g/mol. The number of nitrogens with two attached hydrogens (primary N) is 1.